The highest BCUT2D eigenvalue weighted by atomic mass is 16.5. The molecule has 0 unspecified atom stereocenters. The fourth-order valence-corrected chi connectivity index (χ4v) is 4.75. The fourth-order valence-electron chi connectivity index (χ4n) is 4.75. The number of benzene rings is 1. The molecule has 31 heavy (non-hydrogen) atoms. The van der Waals surface area contributed by atoms with Crippen molar-refractivity contribution in [1.82, 2.24) is 25.2 Å². The van der Waals surface area contributed by atoms with E-state index in [2.05, 4.69) is 39.6 Å². The summed E-state index contributed by atoms with van der Waals surface area (Å²) in [5, 5.41) is 13.6. The van der Waals surface area contributed by atoms with Crippen LogP contribution in [-0.2, 0) is 16.0 Å². The van der Waals surface area contributed by atoms with Gasteiger partial charge in [-0.15, -0.1) is 5.10 Å². The number of tetrazole rings is 1. The lowest BCUT2D eigenvalue weighted by molar-refractivity contribution is -0.933. The molecular weight excluding hydrogens is 396 g/mol. The maximum atomic E-state index is 13.3. The number of fused-ring (bicyclic) bond motifs is 1. The number of nitrogens with zero attached hydrogens (tertiary/aromatic N) is 4. The van der Waals surface area contributed by atoms with Crippen molar-refractivity contribution in [3.05, 3.63) is 51.1 Å². The third-order valence-corrected chi connectivity index (χ3v) is 6.65. The van der Waals surface area contributed by atoms with Crippen LogP contribution in [0, 0.1) is 13.8 Å². The van der Waals surface area contributed by atoms with Gasteiger partial charge in [0, 0.05) is 6.61 Å². The number of aryl methyl sites for hydroxylation is 2. The van der Waals surface area contributed by atoms with Crippen LogP contribution in [0.1, 0.15) is 41.4 Å². The summed E-state index contributed by atoms with van der Waals surface area (Å²) in [5.74, 6) is 0.709. The van der Waals surface area contributed by atoms with Gasteiger partial charge in [0.05, 0.1) is 36.9 Å². The van der Waals surface area contributed by atoms with Gasteiger partial charge in [-0.3, -0.25) is 4.79 Å². The number of rotatable bonds is 5. The number of hydrogen-bond acceptors (Lipinski definition) is 6. The van der Waals surface area contributed by atoms with Gasteiger partial charge in [0.25, 0.3) is 5.56 Å². The van der Waals surface area contributed by atoms with Crippen molar-refractivity contribution < 1.29 is 14.4 Å². The smallest absolute Gasteiger partial charge is 0.258 e. The number of quaternary nitrogens is 1. The molecule has 2 atom stereocenters. The second-order valence-corrected chi connectivity index (χ2v) is 8.58. The van der Waals surface area contributed by atoms with Gasteiger partial charge in [-0.05, 0) is 59.7 Å². The average molecular weight is 426 g/mol. The molecule has 3 aromatic rings. The summed E-state index contributed by atoms with van der Waals surface area (Å²) in [6, 6.07) is 5.91. The Morgan fingerprint density at radius 2 is 2.10 bits per heavy atom. The number of H-pyrrole nitrogens is 1. The lowest BCUT2D eigenvalue weighted by atomic mass is 10.00. The number of pyridine rings is 1. The van der Waals surface area contributed by atoms with Crippen LogP contribution in [0.2, 0.25) is 0 Å². The number of nitrogens with one attached hydrogen (secondary N) is 2. The zero-order valence-electron chi connectivity index (χ0n) is 18.1. The molecule has 5 rings (SSSR count). The molecule has 0 saturated carbocycles. The van der Waals surface area contributed by atoms with Crippen molar-refractivity contribution in [3.8, 4) is 0 Å². The summed E-state index contributed by atoms with van der Waals surface area (Å²) < 4.78 is 13.2. The summed E-state index contributed by atoms with van der Waals surface area (Å²) in [4.78, 5) is 17.7. The summed E-state index contributed by atoms with van der Waals surface area (Å²) in [6.07, 6.45) is 2.18. The highest BCUT2D eigenvalue weighted by molar-refractivity contribution is 5.83. The zero-order valence-corrected chi connectivity index (χ0v) is 18.1. The van der Waals surface area contributed by atoms with E-state index in [9.17, 15) is 4.79 Å². The molecule has 2 aromatic heterocycles. The Bertz CT molecular complexity index is 1130. The first-order chi connectivity index (χ1) is 15.1. The maximum Gasteiger partial charge on any atom is 0.258 e. The predicted octanol–water partition coefficient (Wildman–Crippen LogP) is 0.315. The summed E-state index contributed by atoms with van der Waals surface area (Å²) in [5.41, 5.74) is 3.75. The van der Waals surface area contributed by atoms with Gasteiger partial charge in [-0.25, -0.2) is 4.68 Å². The molecule has 4 heterocycles. The van der Waals surface area contributed by atoms with Gasteiger partial charge in [0.2, 0.25) is 5.82 Å². The molecule has 9 heteroatoms. The number of aromatic nitrogens is 5. The van der Waals surface area contributed by atoms with Crippen molar-refractivity contribution in [2.45, 2.75) is 45.4 Å². The molecule has 2 aliphatic heterocycles. The molecule has 0 radical (unpaired) electrons. The van der Waals surface area contributed by atoms with Gasteiger partial charge in [0.15, 0.2) is 6.04 Å². The Morgan fingerprint density at radius 3 is 2.87 bits per heavy atom. The number of morpholine rings is 1. The molecule has 0 spiro atoms. The predicted molar refractivity (Wildman–Crippen MR) is 114 cm³/mol. The quantitative estimate of drug-likeness (QED) is 0.611. The minimum absolute atomic E-state index is 0.0862. The van der Waals surface area contributed by atoms with Gasteiger partial charge < -0.3 is 19.4 Å². The maximum absolute atomic E-state index is 13.3. The first kappa shape index (κ1) is 20.3. The van der Waals surface area contributed by atoms with E-state index in [4.69, 9.17) is 9.47 Å². The zero-order chi connectivity index (χ0) is 21.4. The van der Waals surface area contributed by atoms with E-state index in [0.717, 1.165) is 54.6 Å². The van der Waals surface area contributed by atoms with Crippen LogP contribution in [0.5, 0.6) is 0 Å². The number of hydrogen-bond donors (Lipinski definition) is 2. The summed E-state index contributed by atoms with van der Waals surface area (Å²) in [6.45, 7) is 8.38. The highest BCUT2D eigenvalue weighted by Crippen LogP contribution is 2.23. The Balaban J connectivity index is 1.61. The Morgan fingerprint density at radius 1 is 1.26 bits per heavy atom. The second kappa shape index (κ2) is 8.49. The van der Waals surface area contributed by atoms with Crippen molar-refractivity contribution in [2.24, 2.45) is 0 Å². The molecular formula is C22H29N6O3+. The van der Waals surface area contributed by atoms with E-state index in [1.807, 2.05) is 17.7 Å². The molecule has 0 amide bonds. The second-order valence-electron chi connectivity index (χ2n) is 8.58. The van der Waals surface area contributed by atoms with E-state index in [1.165, 1.54) is 4.90 Å². The van der Waals surface area contributed by atoms with Crippen LogP contribution < -0.4 is 10.5 Å². The van der Waals surface area contributed by atoms with Gasteiger partial charge in [0.1, 0.15) is 13.1 Å². The van der Waals surface area contributed by atoms with Crippen molar-refractivity contribution >= 4 is 10.9 Å². The molecule has 0 bridgehead atoms. The van der Waals surface area contributed by atoms with E-state index in [-0.39, 0.29) is 17.7 Å². The number of aromatic amines is 1. The normalized spacial score (nSPS) is 21.0. The standard InChI is InChI=1S/C22H28N6O3/c1-14-5-6-16-12-18(22(29)23-19(16)15(14)2)20(27-7-10-30-11-8-27)21-24-25-26-28(21)13-17-4-3-9-31-17/h5-6,12,17,20H,3-4,7-11,13H2,1-2H3,(H,23,29)/p+1/t17-,20+/m1/s1. The Labute approximate surface area is 180 Å². The topological polar surface area (TPSA) is 99.4 Å². The Kier molecular flexibility index (Phi) is 5.56. The van der Waals surface area contributed by atoms with Crippen LogP contribution in [0.25, 0.3) is 10.9 Å². The Hall–Kier alpha value is -2.62. The minimum Gasteiger partial charge on any atom is -0.376 e. The van der Waals surface area contributed by atoms with Crippen LogP contribution in [0.15, 0.2) is 23.0 Å². The molecule has 2 fully saturated rings. The molecule has 164 valence electrons. The molecule has 2 saturated heterocycles. The monoisotopic (exact) mass is 425 g/mol. The lowest BCUT2D eigenvalue weighted by Crippen LogP contribution is -3.14. The van der Waals surface area contributed by atoms with Crippen molar-refractivity contribution in [2.75, 3.05) is 32.9 Å². The third kappa shape index (κ3) is 3.88. The molecule has 0 aliphatic carbocycles. The number of ether oxygens (including phenoxy) is 2. The SMILES string of the molecule is Cc1ccc2cc([C@@H](c3nnnn3C[C@H]3CCCO3)[NH+]3CCOCC3)c(=O)[nH]c2c1C. The van der Waals surface area contributed by atoms with Gasteiger partial charge in [-0.2, -0.15) is 0 Å². The van der Waals surface area contributed by atoms with E-state index in [1.54, 1.807) is 0 Å². The van der Waals surface area contributed by atoms with Crippen molar-refractivity contribution in [1.29, 1.82) is 0 Å². The summed E-state index contributed by atoms with van der Waals surface area (Å²) >= 11 is 0. The van der Waals surface area contributed by atoms with Crippen molar-refractivity contribution in [3.63, 3.8) is 0 Å². The van der Waals surface area contributed by atoms with E-state index in [0.29, 0.717) is 31.1 Å². The lowest BCUT2D eigenvalue weighted by Gasteiger charge is -2.30. The van der Waals surface area contributed by atoms with E-state index < -0.39 is 0 Å². The van der Waals surface area contributed by atoms with Crippen LogP contribution in [0.4, 0.5) is 0 Å². The molecule has 2 N–H and O–H groups in total. The van der Waals surface area contributed by atoms with Crippen LogP contribution >= 0.6 is 0 Å². The van der Waals surface area contributed by atoms with Crippen LogP contribution in [-0.4, -0.2) is 64.2 Å². The first-order valence-electron chi connectivity index (χ1n) is 11.0. The molecule has 9 nitrogen and oxygen atoms in total. The van der Waals surface area contributed by atoms with Gasteiger partial charge in [-0.1, -0.05) is 12.1 Å². The van der Waals surface area contributed by atoms with Gasteiger partial charge >= 0.3 is 0 Å². The van der Waals surface area contributed by atoms with E-state index >= 15 is 0 Å². The van der Waals surface area contributed by atoms with Crippen LogP contribution in [0.3, 0.4) is 0 Å². The third-order valence-electron chi connectivity index (χ3n) is 6.65. The molecule has 1 aromatic carbocycles. The minimum atomic E-state index is -0.268. The average Bonchev–Trinajstić information content (AvgIpc) is 3.46. The summed E-state index contributed by atoms with van der Waals surface area (Å²) in [7, 11) is 0. The fraction of sp³-hybridized carbons (Fsp3) is 0.545. The first-order valence-corrected chi connectivity index (χ1v) is 11.0. The molecule has 2 aliphatic rings. The largest absolute Gasteiger partial charge is 0.376 e. The highest BCUT2D eigenvalue weighted by Gasteiger charge is 2.35.